The van der Waals surface area contributed by atoms with E-state index in [0.29, 0.717) is 5.92 Å². The minimum atomic E-state index is -0.566. The lowest BCUT2D eigenvalue weighted by molar-refractivity contribution is -0.0159. The van der Waals surface area contributed by atoms with Gasteiger partial charge in [0.1, 0.15) is 0 Å². The highest BCUT2D eigenvalue weighted by atomic mass is 16.3. The van der Waals surface area contributed by atoms with E-state index >= 15 is 0 Å². The maximum Gasteiger partial charge on any atom is 0.0689 e. The zero-order valence-corrected chi connectivity index (χ0v) is 10.3. The van der Waals surface area contributed by atoms with Crippen LogP contribution in [-0.4, -0.2) is 20.5 Å². The van der Waals surface area contributed by atoms with Crippen molar-refractivity contribution in [2.75, 3.05) is 0 Å². The van der Waals surface area contributed by atoms with Crippen LogP contribution in [0.5, 0.6) is 0 Å². The van der Waals surface area contributed by atoms with E-state index in [9.17, 15) is 5.11 Å². The van der Waals surface area contributed by atoms with Crippen LogP contribution in [0.15, 0.2) is 12.4 Å². The molecule has 2 rings (SSSR count). The molecule has 1 aromatic heterocycles. The second-order valence-electron chi connectivity index (χ2n) is 5.39. The minimum absolute atomic E-state index is 0.460. The van der Waals surface area contributed by atoms with Crippen LogP contribution in [-0.2, 0) is 13.5 Å². The first-order valence-electron chi connectivity index (χ1n) is 6.28. The summed E-state index contributed by atoms with van der Waals surface area (Å²) >= 11 is 0. The first-order chi connectivity index (χ1) is 7.58. The molecule has 0 aliphatic heterocycles. The molecule has 1 atom stereocenters. The van der Waals surface area contributed by atoms with Gasteiger partial charge in [-0.1, -0.05) is 19.3 Å². The number of nitrogens with zero attached hydrogens (tertiary/aromatic N) is 2. The van der Waals surface area contributed by atoms with Gasteiger partial charge in [-0.3, -0.25) is 4.68 Å². The monoisotopic (exact) mass is 222 g/mol. The molecule has 1 aromatic rings. The van der Waals surface area contributed by atoms with Crippen molar-refractivity contribution < 1.29 is 5.11 Å². The number of hydrogen-bond acceptors (Lipinski definition) is 2. The summed E-state index contributed by atoms with van der Waals surface area (Å²) in [4.78, 5) is 0. The number of hydrogen-bond donors (Lipinski definition) is 1. The van der Waals surface area contributed by atoms with Gasteiger partial charge in [0.05, 0.1) is 11.8 Å². The maximum atomic E-state index is 10.6. The summed E-state index contributed by atoms with van der Waals surface area (Å²) in [6.45, 7) is 1.98. The Bertz CT molecular complexity index is 337. The SMILES string of the molecule is Cn1cc(CC(C)(O)C2CCCCC2)cn1. The lowest BCUT2D eigenvalue weighted by Crippen LogP contribution is -2.38. The molecule has 1 saturated carbocycles. The second kappa shape index (κ2) is 4.58. The van der Waals surface area contributed by atoms with Gasteiger partial charge in [0.2, 0.25) is 0 Å². The van der Waals surface area contributed by atoms with E-state index in [4.69, 9.17) is 0 Å². The first-order valence-corrected chi connectivity index (χ1v) is 6.28. The topological polar surface area (TPSA) is 38.0 Å². The Balaban J connectivity index is 2.00. The summed E-state index contributed by atoms with van der Waals surface area (Å²) in [5.41, 5.74) is 0.571. The normalized spacial score (nSPS) is 21.9. The van der Waals surface area contributed by atoms with Crippen LogP contribution in [0.2, 0.25) is 0 Å². The number of aryl methyl sites for hydroxylation is 1. The molecule has 1 fully saturated rings. The lowest BCUT2D eigenvalue weighted by Gasteiger charge is -2.35. The molecule has 3 heteroatoms. The van der Waals surface area contributed by atoms with Crippen LogP contribution < -0.4 is 0 Å². The highest BCUT2D eigenvalue weighted by Crippen LogP contribution is 2.34. The van der Waals surface area contributed by atoms with Gasteiger partial charge >= 0.3 is 0 Å². The summed E-state index contributed by atoms with van der Waals surface area (Å²) in [5, 5.41) is 14.7. The fourth-order valence-electron chi connectivity index (χ4n) is 2.85. The van der Waals surface area contributed by atoms with Gasteiger partial charge in [0, 0.05) is 19.7 Å². The standard InChI is InChI=1S/C13H22N2O/c1-13(16,12-6-4-3-5-7-12)8-11-9-14-15(2)10-11/h9-10,12,16H,3-8H2,1-2H3. The van der Waals surface area contributed by atoms with E-state index in [1.165, 1.54) is 32.1 Å². The Hall–Kier alpha value is -0.830. The summed E-state index contributed by atoms with van der Waals surface area (Å²) in [6.07, 6.45) is 10.8. The van der Waals surface area contributed by atoms with Crippen LogP contribution in [0, 0.1) is 5.92 Å². The van der Waals surface area contributed by atoms with E-state index in [0.717, 1.165) is 12.0 Å². The van der Waals surface area contributed by atoms with Gasteiger partial charge in [-0.15, -0.1) is 0 Å². The summed E-state index contributed by atoms with van der Waals surface area (Å²) in [7, 11) is 1.92. The molecule has 1 aliphatic carbocycles. The first kappa shape index (κ1) is 11.6. The summed E-state index contributed by atoms with van der Waals surface area (Å²) < 4.78 is 1.80. The molecule has 1 aliphatic rings. The molecule has 1 N–H and O–H groups in total. The highest BCUT2D eigenvalue weighted by Gasteiger charge is 2.33. The molecule has 0 spiro atoms. The molecule has 16 heavy (non-hydrogen) atoms. The minimum Gasteiger partial charge on any atom is -0.390 e. The van der Waals surface area contributed by atoms with E-state index in [2.05, 4.69) is 5.10 Å². The van der Waals surface area contributed by atoms with Gasteiger partial charge in [0.25, 0.3) is 0 Å². The van der Waals surface area contributed by atoms with Gasteiger partial charge in [-0.2, -0.15) is 5.10 Å². The molecule has 0 saturated heterocycles. The number of rotatable bonds is 3. The number of aliphatic hydroxyl groups is 1. The molecule has 90 valence electrons. The molecule has 0 amide bonds. The maximum absolute atomic E-state index is 10.6. The molecule has 0 bridgehead atoms. The van der Waals surface area contributed by atoms with Gasteiger partial charge < -0.3 is 5.11 Å². The predicted molar refractivity (Wildman–Crippen MR) is 64.1 cm³/mol. The van der Waals surface area contributed by atoms with Crippen LogP contribution in [0.3, 0.4) is 0 Å². The molecular weight excluding hydrogens is 200 g/mol. The Morgan fingerprint density at radius 2 is 2.12 bits per heavy atom. The second-order valence-corrected chi connectivity index (χ2v) is 5.39. The molecule has 0 radical (unpaired) electrons. The highest BCUT2D eigenvalue weighted by molar-refractivity contribution is 5.08. The van der Waals surface area contributed by atoms with Crippen molar-refractivity contribution in [3.8, 4) is 0 Å². The fourth-order valence-corrected chi connectivity index (χ4v) is 2.85. The number of aromatic nitrogens is 2. The zero-order valence-electron chi connectivity index (χ0n) is 10.3. The molecule has 3 nitrogen and oxygen atoms in total. The lowest BCUT2D eigenvalue weighted by atomic mass is 9.75. The Morgan fingerprint density at radius 3 is 2.69 bits per heavy atom. The van der Waals surface area contributed by atoms with Crippen LogP contribution in [0.1, 0.15) is 44.6 Å². The van der Waals surface area contributed by atoms with Crippen molar-refractivity contribution in [2.24, 2.45) is 13.0 Å². The summed E-state index contributed by atoms with van der Waals surface area (Å²) in [6, 6.07) is 0. The third-order valence-electron chi connectivity index (χ3n) is 3.81. The molecule has 1 heterocycles. The van der Waals surface area contributed by atoms with Crippen molar-refractivity contribution in [2.45, 2.75) is 51.0 Å². The van der Waals surface area contributed by atoms with Gasteiger partial charge in [-0.25, -0.2) is 0 Å². The fraction of sp³-hybridized carbons (Fsp3) is 0.769. The Labute approximate surface area is 97.5 Å². The van der Waals surface area contributed by atoms with Crippen molar-refractivity contribution in [1.29, 1.82) is 0 Å². The molecule has 0 aromatic carbocycles. The van der Waals surface area contributed by atoms with Gasteiger partial charge in [-0.05, 0) is 31.2 Å². The van der Waals surface area contributed by atoms with Crippen LogP contribution in [0.25, 0.3) is 0 Å². The largest absolute Gasteiger partial charge is 0.390 e. The Morgan fingerprint density at radius 1 is 1.44 bits per heavy atom. The van der Waals surface area contributed by atoms with Crippen molar-refractivity contribution >= 4 is 0 Å². The molecule has 1 unspecified atom stereocenters. The molecular formula is C13H22N2O. The third-order valence-corrected chi connectivity index (χ3v) is 3.81. The van der Waals surface area contributed by atoms with Crippen molar-refractivity contribution in [3.63, 3.8) is 0 Å². The Kier molecular flexibility index (Phi) is 3.33. The van der Waals surface area contributed by atoms with Crippen molar-refractivity contribution in [1.82, 2.24) is 9.78 Å². The van der Waals surface area contributed by atoms with Crippen LogP contribution >= 0.6 is 0 Å². The quantitative estimate of drug-likeness (QED) is 0.852. The third kappa shape index (κ3) is 2.64. The average Bonchev–Trinajstić information content (AvgIpc) is 2.64. The smallest absolute Gasteiger partial charge is 0.0689 e. The van der Waals surface area contributed by atoms with Crippen LogP contribution in [0.4, 0.5) is 0 Å². The van der Waals surface area contributed by atoms with Crippen molar-refractivity contribution in [3.05, 3.63) is 18.0 Å². The van der Waals surface area contributed by atoms with E-state index < -0.39 is 5.60 Å². The average molecular weight is 222 g/mol. The summed E-state index contributed by atoms with van der Waals surface area (Å²) in [5.74, 6) is 0.460. The van der Waals surface area contributed by atoms with E-state index in [-0.39, 0.29) is 0 Å². The van der Waals surface area contributed by atoms with E-state index in [1.54, 1.807) is 4.68 Å². The van der Waals surface area contributed by atoms with Gasteiger partial charge in [0.15, 0.2) is 0 Å². The zero-order chi connectivity index (χ0) is 11.6. The predicted octanol–water partition coefficient (Wildman–Crippen LogP) is 2.29. The van der Waals surface area contributed by atoms with E-state index in [1.807, 2.05) is 26.4 Å².